The van der Waals surface area contributed by atoms with Gasteiger partial charge in [0.05, 0.1) is 30.1 Å². The molecule has 0 unspecified atom stereocenters. The topological polar surface area (TPSA) is 61.8 Å². The number of hydrogen-bond acceptors (Lipinski definition) is 5. The molecule has 23 heavy (non-hydrogen) atoms. The Morgan fingerprint density at radius 2 is 1.91 bits per heavy atom. The van der Waals surface area contributed by atoms with Gasteiger partial charge in [0, 0.05) is 11.1 Å². The number of imidazole rings is 1. The van der Waals surface area contributed by atoms with Crippen LogP contribution in [0.2, 0.25) is 0 Å². The predicted octanol–water partition coefficient (Wildman–Crippen LogP) is 3.39. The van der Waals surface area contributed by atoms with Crippen molar-refractivity contribution in [3.63, 3.8) is 0 Å². The lowest BCUT2D eigenvalue weighted by atomic mass is 10.1. The zero-order valence-corrected chi connectivity index (χ0v) is 12.0. The van der Waals surface area contributed by atoms with Gasteiger partial charge in [0.15, 0.2) is 17.1 Å². The van der Waals surface area contributed by atoms with Gasteiger partial charge in [0.2, 0.25) is 6.79 Å². The van der Waals surface area contributed by atoms with Crippen LogP contribution in [0.15, 0.2) is 59.5 Å². The molecule has 1 aliphatic rings. The molecule has 6 heteroatoms. The van der Waals surface area contributed by atoms with Gasteiger partial charge in [-0.05, 0) is 36.4 Å². The van der Waals surface area contributed by atoms with E-state index in [0.717, 1.165) is 39.7 Å². The Labute approximate surface area is 130 Å². The molecule has 0 N–H and O–H groups in total. The van der Waals surface area contributed by atoms with E-state index in [0.29, 0.717) is 0 Å². The molecule has 0 amide bonds. The van der Waals surface area contributed by atoms with Gasteiger partial charge in [-0.1, -0.05) is 0 Å². The fourth-order valence-corrected chi connectivity index (χ4v) is 2.69. The smallest absolute Gasteiger partial charge is 0.231 e. The summed E-state index contributed by atoms with van der Waals surface area (Å²) in [5, 5.41) is 4.67. The maximum absolute atomic E-state index is 5.45. The van der Waals surface area contributed by atoms with Crippen molar-refractivity contribution in [1.82, 2.24) is 14.6 Å². The monoisotopic (exact) mass is 305 g/mol. The molecule has 4 aromatic rings. The largest absolute Gasteiger partial charge is 0.472 e. The molecule has 1 aromatic carbocycles. The van der Waals surface area contributed by atoms with E-state index in [-0.39, 0.29) is 6.79 Å². The summed E-state index contributed by atoms with van der Waals surface area (Å²) in [6, 6.07) is 11.6. The molecule has 5 rings (SSSR count). The molecule has 0 saturated carbocycles. The Morgan fingerprint density at radius 1 is 0.957 bits per heavy atom. The summed E-state index contributed by atoms with van der Waals surface area (Å²) in [7, 11) is 0. The van der Waals surface area contributed by atoms with Gasteiger partial charge in [-0.3, -0.25) is 0 Å². The van der Waals surface area contributed by atoms with Crippen LogP contribution in [-0.2, 0) is 0 Å². The SMILES string of the molecule is c1cc(-c2ccc3ncc(-c4ccc5c(c4)OCO5)n3n2)co1. The first-order valence-electron chi connectivity index (χ1n) is 7.16. The van der Waals surface area contributed by atoms with Crippen molar-refractivity contribution in [3.05, 3.63) is 55.1 Å². The summed E-state index contributed by atoms with van der Waals surface area (Å²) < 4.78 is 17.8. The van der Waals surface area contributed by atoms with Gasteiger partial charge in [0.1, 0.15) is 0 Å². The van der Waals surface area contributed by atoms with Crippen LogP contribution in [0.25, 0.3) is 28.2 Å². The Kier molecular flexibility index (Phi) is 2.46. The van der Waals surface area contributed by atoms with Crippen LogP contribution in [0, 0.1) is 0 Å². The minimum atomic E-state index is 0.259. The first-order chi connectivity index (χ1) is 11.4. The zero-order chi connectivity index (χ0) is 15.2. The molecule has 0 radical (unpaired) electrons. The number of benzene rings is 1. The summed E-state index contributed by atoms with van der Waals surface area (Å²) >= 11 is 0. The van der Waals surface area contributed by atoms with Crippen LogP contribution >= 0.6 is 0 Å². The molecule has 1 aliphatic heterocycles. The lowest BCUT2D eigenvalue weighted by molar-refractivity contribution is 0.174. The van der Waals surface area contributed by atoms with Crippen molar-refractivity contribution in [1.29, 1.82) is 0 Å². The average Bonchev–Trinajstić information content (AvgIpc) is 3.32. The molecule has 0 spiro atoms. The van der Waals surface area contributed by atoms with Gasteiger partial charge in [-0.25, -0.2) is 9.50 Å². The fraction of sp³-hybridized carbons (Fsp3) is 0.0588. The van der Waals surface area contributed by atoms with E-state index < -0.39 is 0 Å². The molecule has 112 valence electrons. The third kappa shape index (κ3) is 1.88. The summed E-state index contributed by atoms with van der Waals surface area (Å²) in [5.41, 5.74) is 4.40. The lowest BCUT2D eigenvalue weighted by Crippen LogP contribution is -1.96. The summed E-state index contributed by atoms with van der Waals surface area (Å²) in [6.45, 7) is 0.259. The minimum absolute atomic E-state index is 0.259. The van der Waals surface area contributed by atoms with Crippen molar-refractivity contribution in [3.8, 4) is 34.0 Å². The summed E-state index contributed by atoms with van der Waals surface area (Å²) in [5.74, 6) is 1.50. The summed E-state index contributed by atoms with van der Waals surface area (Å²) in [4.78, 5) is 4.42. The maximum atomic E-state index is 5.45. The van der Waals surface area contributed by atoms with E-state index in [1.807, 2.05) is 40.9 Å². The molecule has 3 aromatic heterocycles. The van der Waals surface area contributed by atoms with Gasteiger partial charge in [0.25, 0.3) is 0 Å². The normalized spacial score (nSPS) is 12.9. The fourth-order valence-electron chi connectivity index (χ4n) is 2.69. The van der Waals surface area contributed by atoms with Crippen molar-refractivity contribution in [2.24, 2.45) is 0 Å². The number of aromatic nitrogens is 3. The second-order valence-electron chi connectivity index (χ2n) is 5.21. The molecule has 0 aliphatic carbocycles. The van der Waals surface area contributed by atoms with E-state index in [4.69, 9.17) is 13.9 Å². The molecule has 0 bridgehead atoms. The van der Waals surface area contributed by atoms with Gasteiger partial charge < -0.3 is 13.9 Å². The van der Waals surface area contributed by atoms with E-state index in [2.05, 4.69) is 10.1 Å². The second-order valence-corrected chi connectivity index (χ2v) is 5.21. The molecular formula is C17H11N3O3. The van der Waals surface area contributed by atoms with Crippen molar-refractivity contribution in [2.45, 2.75) is 0 Å². The quantitative estimate of drug-likeness (QED) is 0.568. The van der Waals surface area contributed by atoms with Crippen LogP contribution in [0.1, 0.15) is 0 Å². The average molecular weight is 305 g/mol. The first-order valence-corrected chi connectivity index (χ1v) is 7.16. The van der Waals surface area contributed by atoms with E-state index >= 15 is 0 Å². The molecule has 0 saturated heterocycles. The Hall–Kier alpha value is -3.28. The molecular weight excluding hydrogens is 294 g/mol. The van der Waals surface area contributed by atoms with Crippen LogP contribution in [0.5, 0.6) is 11.5 Å². The Morgan fingerprint density at radius 3 is 2.83 bits per heavy atom. The minimum Gasteiger partial charge on any atom is -0.472 e. The highest BCUT2D eigenvalue weighted by Crippen LogP contribution is 2.36. The highest BCUT2D eigenvalue weighted by molar-refractivity contribution is 5.68. The van der Waals surface area contributed by atoms with E-state index in [9.17, 15) is 0 Å². The Balaban J connectivity index is 1.68. The van der Waals surface area contributed by atoms with E-state index in [1.54, 1.807) is 18.7 Å². The lowest BCUT2D eigenvalue weighted by Gasteiger charge is -2.04. The Bertz CT molecular complexity index is 1010. The highest BCUT2D eigenvalue weighted by Gasteiger charge is 2.16. The van der Waals surface area contributed by atoms with Gasteiger partial charge in [-0.15, -0.1) is 0 Å². The number of ether oxygens (including phenoxy) is 2. The molecule has 4 heterocycles. The third-order valence-corrected chi connectivity index (χ3v) is 3.85. The van der Waals surface area contributed by atoms with Crippen molar-refractivity contribution < 1.29 is 13.9 Å². The zero-order valence-electron chi connectivity index (χ0n) is 12.0. The van der Waals surface area contributed by atoms with Crippen LogP contribution in [-0.4, -0.2) is 21.4 Å². The van der Waals surface area contributed by atoms with E-state index in [1.165, 1.54) is 0 Å². The second kappa shape index (κ2) is 4.61. The molecule has 0 fully saturated rings. The number of furan rings is 1. The van der Waals surface area contributed by atoms with Crippen LogP contribution in [0.4, 0.5) is 0 Å². The number of hydrogen-bond donors (Lipinski definition) is 0. The standard InChI is InChI=1S/C17H11N3O3/c1-3-15-16(23-10-22-15)7-11(1)14-8-18-17-4-2-13(19-20(14)17)12-5-6-21-9-12/h1-9H,10H2. The summed E-state index contributed by atoms with van der Waals surface area (Å²) in [6.07, 6.45) is 5.11. The predicted molar refractivity (Wildman–Crippen MR) is 82.2 cm³/mol. The van der Waals surface area contributed by atoms with Gasteiger partial charge in [-0.2, -0.15) is 5.10 Å². The number of nitrogens with zero attached hydrogens (tertiary/aromatic N) is 3. The van der Waals surface area contributed by atoms with Gasteiger partial charge >= 0.3 is 0 Å². The van der Waals surface area contributed by atoms with Crippen LogP contribution in [0.3, 0.4) is 0 Å². The maximum Gasteiger partial charge on any atom is 0.231 e. The van der Waals surface area contributed by atoms with Crippen molar-refractivity contribution >= 4 is 5.65 Å². The highest BCUT2D eigenvalue weighted by atomic mass is 16.7. The molecule has 6 nitrogen and oxygen atoms in total. The van der Waals surface area contributed by atoms with Crippen LogP contribution < -0.4 is 9.47 Å². The number of fused-ring (bicyclic) bond motifs is 2. The molecule has 0 atom stereocenters. The van der Waals surface area contributed by atoms with Crippen molar-refractivity contribution in [2.75, 3.05) is 6.79 Å². The first kappa shape index (κ1) is 12.3. The third-order valence-electron chi connectivity index (χ3n) is 3.85. The number of rotatable bonds is 2.